The summed E-state index contributed by atoms with van der Waals surface area (Å²) in [5.41, 5.74) is 0.301. The molecule has 2 aromatic rings. The molecule has 0 aliphatic rings. The molecule has 1 unspecified atom stereocenters. The van der Waals surface area contributed by atoms with E-state index in [0.29, 0.717) is 23.3 Å². The van der Waals surface area contributed by atoms with Gasteiger partial charge < -0.3 is 10.0 Å². The van der Waals surface area contributed by atoms with Crippen LogP contribution in [0.1, 0.15) is 6.92 Å². The Kier molecular flexibility index (Phi) is 3.19. The molecule has 0 radical (unpaired) electrons. The van der Waals surface area contributed by atoms with Crippen LogP contribution in [-0.2, 0) is 0 Å². The van der Waals surface area contributed by atoms with Crippen molar-refractivity contribution in [3.63, 3.8) is 0 Å². The van der Waals surface area contributed by atoms with Crippen molar-refractivity contribution in [3.8, 4) is 0 Å². The molecule has 0 aliphatic heterocycles. The molecule has 1 atom stereocenters. The Morgan fingerprint density at radius 2 is 2.18 bits per heavy atom. The van der Waals surface area contributed by atoms with Crippen LogP contribution in [0.15, 0.2) is 24.5 Å². The summed E-state index contributed by atoms with van der Waals surface area (Å²) < 4.78 is 13.5. The smallest absolute Gasteiger partial charge is 0.149 e. The summed E-state index contributed by atoms with van der Waals surface area (Å²) in [6, 6.07) is 4.76. The highest BCUT2D eigenvalue weighted by Crippen LogP contribution is 2.23. The van der Waals surface area contributed by atoms with Crippen molar-refractivity contribution >= 4 is 16.7 Å². The molecule has 5 heteroatoms. The monoisotopic (exact) mass is 235 g/mol. The molecular weight excluding hydrogens is 221 g/mol. The van der Waals surface area contributed by atoms with Crippen LogP contribution in [0.3, 0.4) is 0 Å². The van der Waals surface area contributed by atoms with E-state index >= 15 is 0 Å². The van der Waals surface area contributed by atoms with Crippen molar-refractivity contribution in [2.45, 2.75) is 13.0 Å². The number of aromatic nitrogens is 2. The highest BCUT2D eigenvalue weighted by molar-refractivity contribution is 5.89. The lowest BCUT2D eigenvalue weighted by atomic mass is 10.2. The van der Waals surface area contributed by atoms with E-state index in [-0.39, 0.29) is 5.82 Å². The Labute approximate surface area is 98.7 Å². The van der Waals surface area contributed by atoms with E-state index in [0.717, 1.165) is 0 Å². The summed E-state index contributed by atoms with van der Waals surface area (Å²) in [6.07, 6.45) is 0.859. The third-order valence-corrected chi connectivity index (χ3v) is 2.49. The van der Waals surface area contributed by atoms with Gasteiger partial charge in [-0.25, -0.2) is 14.4 Å². The van der Waals surface area contributed by atoms with Crippen LogP contribution < -0.4 is 4.90 Å². The first-order valence-corrected chi connectivity index (χ1v) is 5.38. The van der Waals surface area contributed by atoms with Gasteiger partial charge in [0.05, 0.1) is 6.10 Å². The molecule has 0 saturated heterocycles. The van der Waals surface area contributed by atoms with E-state index in [1.54, 1.807) is 31.0 Å². The summed E-state index contributed by atoms with van der Waals surface area (Å²) in [6.45, 7) is 2.13. The van der Waals surface area contributed by atoms with Crippen molar-refractivity contribution in [3.05, 3.63) is 30.3 Å². The SMILES string of the molecule is CC(O)CN(C)c1ncnc2c(F)cccc12. The number of aliphatic hydroxyl groups excluding tert-OH is 1. The highest BCUT2D eigenvalue weighted by atomic mass is 19.1. The molecule has 17 heavy (non-hydrogen) atoms. The van der Waals surface area contributed by atoms with Gasteiger partial charge in [-0.2, -0.15) is 0 Å². The maximum absolute atomic E-state index is 13.5. The van der Waals surface area contributed by atoms with Gasteiger partial charge >= 0.3 is 0 Å². The number of halogens is 1. The number of benzene rings is 1. The molecule has 0 spiro atoms. The molecule has 4 nitrogen and oxygen atoms in total. The van der Waals surface area contributed by atoms with E-state index in [1.807, 2.05) is 0 Å². The zero-order valence-electron chi connectivity index (χ0n) is 9.76. The van der Waals surface area contributed by atoms with Gasteiger partial charge in [-0.3, -0.25) is 0 Å². The number of fused-ring (bicyclic) bond motifs is 1. The minimum absolute atomic E-state index is 0.301. The van der Waals surface area contributed by atoms with Crippen molar-refractivity contribution < 1.29 is 9.50 Å². The second-order valence-corrected chi connectivity index (χ2v) is 4.06. The molecule has 1 N–H and O–H groups in total. The van der Waals surface area contributed by atoms with Gasteiger partial charge in [-0.15, -0.1) is 0 Å². The van der Waals surface area contributed by atoms with Crippen molar-refractivity contribution in [2.24, 2.45) is 0 Å². The first kappa shape index (κ1) is 11.7. The second kappa shape index (κ2) is 4.63. The van der Waals surface area contributed by atoms with Gasteiger partial charge in [0.1, 0.15) is 23.5 Å². The Morgan fingerprint density at radius 3 is 2.88 bits per heavy atom. The fourth-order valence-electron chi connectivity index (χ4n) is 1.82. The summed E-state index contributed by atoms with van der Waals surface area (Å²) in [5.74, 6) is 0.256. The van der Waals surface area contributed by atoms with Crippen LogP contribution in [-0.4, -0.2) is 34.8 Å². The maximum Gasteiger partial charge on any atom is 0.149 e. The number of aliphatic hydroxyl groups is 1. The molecule has 0 saturated carbocycles. The van der Waals surface area contributed by atoms with Gasteiger partial charge in [-0.05, 0) is 19.1 Å². The second-order valence-electron chi connectivity index (χ2n) is 4.06. The predicted molar refractivity (Wildman–Crippen MR) is 64.4 cm³/mol. The van der Waals surface area contributed by atoms with E-state index in [4.69, 9.17) is 0 Å². The molecule has 0 aliphatic carbocycles. The van der Waals surface area contributed by atoms with E-state index in [2.05, 4.69) is 9.97 Å². The minimum atomic E-state index is -0.474. The topological polar surface area (TPSA) is 49.2 Å². The average molecular weight is 235 g/mol. The van der Waals surface area contributed by atoms with Gasteiger partial charge in [0.25, 0.3) is 0 Å². The molecule has 1 aromatic heterocycles. The van der Waals surface area contributed by atoms with E-state index in [9.17, 15) is 9.50 Å². The van der Waals surface area contributed by atoms with Gasteiger partial charge in [0.2, 0.25) is 0 Å². The van der Waals surface area contributed by atoms with Gasteiger partial charge in [-0.1, -0.05) is 6.07 Å². The first-order chi connectivity index (χ1) is 8.09. The number of rotatable bonds is 3. The van der Waals surface area contributed by atoms with E-state index in [1.165, 1.54) is 12.4 Å². The van der Waals surface area contributed by atoms with Crippen molar-refractivity contribution in [1.29, 1.82) is 0 Å². The largest absolute Gasteiger partial charge is 0.392 e. The summed E-state index contributed by atoms with van der Waals surface area (Å²) in [7, 11) is 1.80. The third-order valence-electron chi connectivity index (χ3n) is 2.49. The molecule has 1 heterocycles. The van der Waals surface area contributed by atoms with Crippen LogP contribution in [0.2, 0.25) is 0 Å². The van der Waals surface area contributed by atoms with Crippen LogP contribution in [0.5, 0.6) is 0 Å². The number of hydrogen-bond donors (Lipinski definition) is 1. The molecule has 0 amide bonds. The lowest BCUT2D eigenvalue weighted by Gasteiger charge is -2.20. The predicted octanol–water partition coefficient (Wildman–Crippen LogP) is 1.59. The molecule has 1 aromatic carbocycles. The molecular formula is C12H14FN3O. The first-order valence-electron chi connectivity index (χ1n) is 5.38. The Hall–Kier alpha value is -1.75. The normalized spacial score (nSPS) is 12.7. The number of nitrogens with zero attached hydrogens (tertiary/aromatic N) is 3. The average Bonchev–Trinajstić information content (AvgIpc) is 2.28. The van der Waals surface area contributed by atoms with Crippen LogP contribution in [0, 0.1) is 5.82 Å². The minimum Gasteiger partial charge on any atom is -0.392 e. The fourth-order valence-corrected chi connectivity index (χ4v) is 1.82. The lowest BCUT2D eigenvalue weighted by molar-refractivity contribution is 0.201. The summed E-state index contributed by atoms with van der Waals surface area (Å²) in [5, 5.41) is 10.0. The molecule has 0 bridgehead atoms. The molecule has 90 valence electrons. The van der Waals surface area contributed by atoms with Gasteiger partial charge in [0.15, 0.2) is 0 Å². The van der Waals surface area contributed by atoms with Crippen molar-refractivity contribution in [1.82, 2.24) is 9.97 Å². The van der Waals surface area contributed by atoms with Crippen LogP contribution >= 0.6 is 0 Å². The highest BCUT2D eigenvalue weighted by Gasteiger charge is 2.12. The Bertz CT molecular complexity index is 530. The maximum atomic E-state index is 13.5. The molecule has 0 fully saturated rings. The van der Waals surface area contributed by atoms with Gasteiger partial charge in [0, 0.05) is 19.0 Å². The van der Waals surface area contributed by atoms with E-state index < -0.39 is 6.10 Å². The quantitative estimate of drug-likeness (QED) is 0.877. The summed E-state index contributed by atoms with van der Waals surface area (Å²) in [4.78, 5) is 9.85. The standard InChI is InChI=1S/C12H14FN3O/c1-8(17)6-16(2)12-9-4-3-5-10(13)11(9)14-7-15-12/h3-5,7-8,17H,6H2,1-2H3. The fraction of sp³-hybridized carbons (Fsp3) is 0.333. The van der Waals surface area contributed by atoms with Crippen LogP contribution in [0.25, 0.3) is 10.9 Å². The number of para-hydroxylation sites is 1. The Morgan fingerprint density at radius 1 is 1.41 bits per heavy atom. The summed E-state index contributed by atoms with van der Waals surface area (Å²) >= 11 is 0. The lowest BCUT2D eigenvalue weighted by Crippen LogP contribution is -2.27. The zero-order chi connectivity index (χ0) is 12.4. The Balaban J connectivity index is 2.51. The third kappa shape index (κ3) is 2.34. The zero-order valence-corrected chi connectivity index (χ0v) is 9.76. The van der Waals surface area contributed by atoms with Crippen molar-refractivity contribution in [2.75, 3.05) is 18.5 Å². The number of likely N-dealkylation sites (N-methyl/N-ethyl adjacent to an activating group) is 1. The number of hydrogen-bond acceptors (Lipinski definition) is 4. The number of anilines is 1. The van der Waals surface area contributed by atoms with Crippen LogP contribution in [0.4, 0.5) is 10.2 Å². The molecule has 2 rings (SSSR count).